The number of nitrogens with two attached hydrogens (primary N) is 1. The second-order valence-corrected chi connectivity index (χ2v) is 7.92. The van der Waals surface area contributed by atoms with Gasteiger partial charge >= 0.3 is 0 Å². The van der Waals surface area contributed by atoms with Crippen molar-refractivity contribution in [2.24, 2.45) is 11.8 Å². The Bertz CT molecular complexity index is 340. The molecule has 1 aromatic heterocycles. The average Bonchev–Trinajstić information content (AvgIpc) is 2.56. The molecule has 1 saturated carbocycles. The van der Waals surface area contributed by atoms with Crippen molar-refractivity contribution in [2.75, 3.05) is 0 Å². The van der Waals surface area contributed by atoms with Crippen LogP contribution >= 0.6 is 43.2 Å². The van der Waals surface area contributed by atoms with Crippen molar-refractivity contribution >= 4 is 43.2 Å². The van der Waals surface area contributed by atoms with E-state index in [1.807, 2.05) is 0 Å². The van der Waals surface area contributed by atoms with Gasteiger partial charge in [-0.1, -0.05) is 25.7 Å². The normalized spacial score (nSPS) is 20.2. The minimum Gasteiger partial charge on any atom is -0.271 e. The predicted octanol–water partition coefficient (Wildman–Crippen LogP) is 4.75. The van der Waals surface area contributed by atoms with E-state index in [2.05, 4.69) is 43.4 Å². The number of rotatable bonds is 3. The molecular formula is C12H18Br2N2S. The SMILES string of the molecule is NNC(c1cc(Br)c(Br)s1)C1CCCCCC1. The lowest BCUT2D eigenvalue weighted by molar-refractivity contribution is 0.333. The number of hydrogen-bond donors (Lipinski definition) is 2. The number of halogens is 2. The van der Waals surface area contributed by atoms with Gasteiger partial charge in [0.15, 0.2) is 0 Å². The highest BCUT2D eigenvalue weighted by Gasteiger charge is 2.25. The molecule has 1 aromatic rings. The Labute approximate surface area is 124 Å². The summed E-state index contributed by atoms with van der Waals surface area (Å²) in [6, 6.07) is 2.49. The Morgan fingerprint density at radius 2 is 1.88 bits per heavy atom. The first-order valence-corrected chi connectivity index (χ1v) is 8.53. The maximum atomic E-state index is 5.77. The molecule has 0 aromatic carbocycles. The van der Waals surface area contributed by atoms with Gasteiger partial charge in [0.05, 0.1) is 9.83 Å². The van der Waals surface area contributed by atoms with E-state index in [1.54, 1.807) is 11.3 Å². The number of hydrazine groups is 1. The summed E-state index contributed by atoms with van der Waals surface area (Å²) in [6.07, 6.45) is 8.04. The highest BCUT2D eigenvalue weighted by Crippen LogP contribution is 2.40. The summed E-state index contributed by atoms with van der Waals surface area (Å²) in [5, 5.41) is 0. The van der Waals surface area contributed by atoms with Gasteiger partial charge in [0.1, 0.15) is 0 Å². The van der Waals surface area contributed by atoms with E-state index in [1.165, 1.54) is 43.4 Å². The molecule has 96 valence electrons. The summed E-state index contributed by atoms with van der Waals surface area (Å²) in [5.41, 5.74) is 3.03. The van der Waals surface area contributed by atoms with Crippen LogP contribution in [0.4, 0.5) is 0 Å². The fraction of sp³-hybridized carbons (Fsp3) is 0.667. The largest absolute Gasteiger partial charge is 0.271 e. The van der Waals surface area contributed by atoms with E-state index in [-0.39, 0.29) is 0 Å². The average molecular weight is 382 g/mol. The standard InChI is InChI=1S/C12H18Br2N2S/c13-9-7-10(17-12(9)14)11(16-15)8-5-3-1-2-4-6-8/h7-8,11,16H,1-6,15H2. The van der Waals surface area contributed by atoms with Gasteiger partial charge < -0.3 is 0 Å². The summed E-state index contributed by atoms with van der Waals surface area (Å²) in [6.45, 7) is 0. The lowest BCUT2D eigenvalue weighted by atomic mass is 9.91. The van der Waals surface area contributed by atoms with Crippen LogP contribution in [0.3, 0.4) is 0 Å². The molecule has 0 saturated heterocycles. The Balaban J connectivity index is 2.13. The first-order chi connectivity index (χ1) is 8.22. The van der Waals surface area contributed by atoms with Crippen LogP contribution in [-0.2, 0) is 0 Å². The molecule has 2 rings (SSSR count). The second kappa shape index (κ2) is 6.66. The van der Waals surface area contributed by atoms with Crippen LogP contribution < -0.4 is 11.3 Å². The minimum absolute atomic E-state index is 0.306. The Morgan fingerprint density at radius 3 is 2.35 bits per heavy atom. The molecule has 3 N–H and O–H groups in total. The molecular weight excluding hydrogens is 364 g/mol. The van der Waals surface area contributed by atoms with Gasteiger partial charge in [0.25, 0.3) is 0 Å². The first kappa shape index (κ1) is 14.0. The molecule has 0 bridgehead atoms. The number of nitrogens with one attached hydrogen (secondary N) is 1. The van der Waals surface area contributed by atoms with Crippen LogP contribution in [0.1, 0.15) is 49.4 Å². The maximum absolute atomic E-state index is 5.77. The van der Waals surface area contributed by atoms with Gasteiger partial charge in [-0.15, -0.1) is 11.3 Å². The van der Waals surface area contributed by atoms with Crippen molar-refractivity contribution in [1.82, 2.24) is 5.43 Å². The van der Waals surface area contributed by atoms with Gasteiger partial charge in [-0.3, -0.25) is 11.3 Å². The quantitative estimate of drug-likeness (QED) is 0.450. The Hall–Kier alpha value is 0.580. The van der Waals surface area contributed by atoms with Crippen LogP contribution in [0.2, 0.25) is 0 Å². The van der Waals surface area contributed by atoms with Crippen molar-refractivity contribution < 1.29 is 0 Å². The molecule has 0 radical (unpaired) electrons. The van der Waals surface area contributed by atoms with Crippen molar-refractivity contribution in [3.8, 4) is 0 Å². The first-order valence-electron chi connectivity index (χ1n) is 6.13. The third-order valence-electron chi connectivity index (χ3n) is 3.52. The third-order valence-corrected chi connectivity index (χ3v) is 6.86. The van der Waals surface area contributed by atoms with E-state index >= 15 is 0 Å². The van der Waals surface area contributed by atoms with Gasteiger partial charge in [-0.05, 0) is 56.7 Å². The van der Waals surface area contributed by atoms with Crippen molar-refractivity contribution in [1.29, 1.82) is 0 Å². The molecule has 1 aliphatic carbocycles. The molecule has 1 unspecified atom stereocenters. The van der Waals surface area contributed by atoms with Crippen LogP contribution in [0.5, 0.6) is 0 Å². The molecule has 1 atom stereocenters. The molecule has 1 aliphatic rings. The summed E-state index contributed by atoms with van der Waals surface area (Å²) < 4.78 is 2.28. The lowest BCUT2D eigenvalue weighted by Gasteiger charge is -2.24. The van der Waals surface area contributed by atoms with E-state index < -0.39 is 0 Å². The van der Waals surface area contributed by atoms with Crippen LogP contribution in [0.25, 0.3) is 0 Å². The minimum atomic E-state index is 0.306. The van der Waals surface area contributed by atoms with E-state index in [4.69, 9.17) is 5.84 Å². The molecule has 0 amide bonds. The van der Waals surface area contributed by atoms with Gasteiger partial charge in [0, 0.05) is 9.35 Å². The highest BCUT2D eigenvalue weighted by molar-refractivity contribution is 9.13. The summed E-state index contributed by atoms with van der Waals surface area (Å²) in [4.78, 5) is 1.33. The monoisotopic (exact) mass is 380 g/mol. The zero-order chi connectivity index (χ0) is 12.3. The van der Waals surface area contributed by atoms with Gasteiger partial charge in [-0.2, -0.15) is 0 Å². The Morgan fingerprint density at radius 1 is 1.24 bits per heavy atom. The summed E-state index contributed by atoms with van der Waals surface area (Å²) in [5.74, 6) is 6.45. The smallest absolute Gasteiger partial charge is 0.0843 e. The van der Waals surface area contributed by atoms with Gasteiger partial charge in [0.2, 0.25) is 0 Å². The highest BCUT2D eigenvalue weighted by atomic mass is 79.9. The molecule has 0 spiro atoms. The zero-order valence-corrected chi connectivity index (χ0v) is 13.7. The molecule has 5 heteroatoms. The third kappa shape index (κ3) is 3.53. The molecule has 2 nitrogen and oxygen atoms in total. The lowest BCUT2D eigenvalue weighted by Crippen LogP contribution is -2.33. The van der Waals surface area contributed by atoms with Gasteiger partial charge in [-0.25, -0.2) is 0 Å². The van der Waals surface area contributed by atoms with E-state index in [0.29, 0.717) is 12.0 Å². The molecule has 1 fully saturated rings. The Kier molecular flexibility index (Phi) is 5.49. The maximum Gasteiger partial charge on any atom is 0.0843 e. The van der Waals surface area contributed by atoms with Crippen molar-refractivity contribution in [3.05, 3.63) is 19.2 Å². The molecule has 17 heavy (non-hydrogen) atoms. The van der Waals surface area contributed by atoms with E-state index in [0.717, 1.165) is 8.26 Å². The summed E-state index contributed by atoms with van der Waals surface area (Å²) in [7, 11) is 0. The predicted molar refractivity (Wildman–Crippen MR) is 81.0 cm³/mol. The van der Waals surface area contributed by atoms with Crippen LogP contribution in [0.15, 0.2) is 14.3 Å². The number of hydrogen-bond acceptors (Lipinski definition) is 3. The fourth-order valence-electron chi connectivity index (χ4n) is 2.61. The van der Waals surface area contributed by atoms with Crippen molar-refractivity contribution in [2.45, 2.75) is 44.6 Å². The van der Waals surface area contributed by atoms with Crippen molar-refractivity contribution in [3.63, 3.8) is 0 Å². The summed E-state index contributed by atoms with van der Waals surface area (Å²) >= 11 is 8.88. The number of thiophene rings is 1. The zero-order valence-electron chi connectivity index (χ0n) is 9.72. The van der Waals surface area contributed by atoms with Crippen LogP contribution in [0, 0.1) is 5.92 Å². The van der Waals surface area contributed by atoms with E-state index in [9.17, 15) is 0 Å². The van der Waals surface area contributed by atoms with Crippen LogP contribution in [-0.4, -0.2) is 0 Å². The molecule has 1 heterocycles. The fourth-order valence-corrected chi connectivity index (χ4v) is 4.86. The molecule has 0 aliphatic heterocycles. The second-order valence-electron chi connectivity index (χ2n) is 4.67. The topological polar surface area (TPSA) is 38.0 Å².